The molecule has 0 fully saturated rings. The van der Waals surface area contributed by atoms with E-state index in [0.29, 0.717) is 5.92 Å². The molecular formula is C15H16N2OS. The number of benzene rings is 1. The number of nitrogens with two attached hydrogens (primary N) is 1. The van der Waals surface area contributed by atoms with E-state index in [-0.39, 0.29) is 0 Å². The number of para-hydroxylation sites is 1. The van der Waals surface area contributed by atoms with E-state index in [9.17, 15) is 0 Å². The van der Waals surface area contributed by atoms with E-state index in [1.807, 2.05) is 18.2 Å². The zero-order valence-corrected chi connectivity index (χ0v) is 11.4. The van der Waals surface area contributed by atoms with Gasteiger partial charge in [-0.3, -0.25) is 4.98 Å². The third-order valence-corrected chi connectivity index (χ3v) is 4.58. The second-order valence-electron chi connectivity index (χ2n) is 4.60. The fourth-order valence-corrected chi connectivity index (χ4v) is 3.41. The van der Waals surface area contributed by atoms with Crippen molar-refractivity contribution in [1.82, 2.24) is 4.98 Å². The van der Waals surface area contributed by atoms with E-state index in [4.69, 9.17) is 10.5 Å². The van der Waals surface area contributed by atoms with Crippen LogP contribution in [0.1, 0.15) is 17.9 Å². The van der Waals surface area contributed by atoms with Crippen molar-refractivity contribution in [1.29, 1.82) is 0 Å². The molecule has 4 heteroatoms. The van der Waals surface area contributed by atoms with Crippen LogP contribution in [0.25, 0.3) is 0 Å². The molecule has 0 spiro atoms. The summed E-state index contributed by atoms with van der Waals surface area (Å²) < 4.78 is 5.69. The summed E-state index contributed by atoms with van der Waals surface area (Å²) in [7, 11) is 0. The summed E-state index contributed by atoms with van der Waals surface area (Å²) in [6.45, 7) is 0.800. The molecule has 1 atom stereocenters. The number of aromatic nitrogens is 1. The molecule has 2 N–H and O–H groups in total. The number of fused-ring (bicyclic) bond motifs is 1. The molecule has 1 aliphatic rings. The molecule has 3 nitrogen and oxygen atoms in total. The molecule has 2 heterocycles. The Hall–Kier alpha value is -1.68. The van der Waals surface area contributed by atoms with Crippen LogP contribution < -0.4 is 10.5 Å². The Morgan fingerprint density at radius 2 is 2.21 bits per heavy atom. The highest BCUT2D eigenvalue weighted by Crippen LogP contribution is 2.37. The lowest BCUT2D eigenvalue weighted by atomic mass is 9.95. The number of hydrogen-bond donors (Lipinski definition) is 1. The molecule has 1 aromatic carbocycles. The minimum absolute atomic E-state index is 0.530. The highest BCUT2D eigenvalue weighted by molar-refractivity contribution is 7.99. The maximum Gasteiger partial charge on any atom is 0.122 e. The Morgan fingerprint density at radius 3 is 3.11 bits per heavy atom. The van der Waals surface area contributed by atoms with Crippen LogP contribution in [0.5, 0.6) is 5.75 Å². The van der Waals surface area contributed by atoms with Gasteiger partial charge in [-0.2, -0.15) is 0 Å². The second kappa shape index (κ2) is 5.53. The average Bonchev–Trinajstić information content (AvgIpc) is 2.46. The highest BCUT2D eigenvalue weighted by Gasteiger charge is 2.21. The lowest BCUT2D eigenvalue weighted by Crippen LogP contribution is -2.15. The van der Waals surface area contributed by atoms with Crippen molar-refractivity contribution < 1.29 is 4.74 Å². The van der Waals surface area contributed by atoms with Gasteiger partial charge in [-0.1, -0.05) is 18.2 Å². The Labute approximate surface area is 117 Å². The number of pyridine rings is 1. The quantitative estimate of drug-likeness (QED) is 0.871. The first-order chi connectivity index (χ1) is 9.34. The molecule has 0 radical (unpaired) electrons. The molecule has 98 valence electrons. The lowest BCUT2D eigenvalue weighted by molar-refractivity contribution is 0.273. The van der Waals surface area contributed by atoms with Crippen LogP contribution in [0, 0.1) is 0 Å². The van der Waals surface area contributed by atoms with Crippen LogP contribution in [0.4, 0.5) is 5.69 Å². The van der Waals surface area contributed by atoms with Gasteiger partial charge in [0.2, 0.25) is 0 Å². The minimum Gasteiger partial charge on any atom is -0.493 e. The summed E-state index contributed by atoms with van der Waals surface area (Å²) in [6.07, 6.45) is 4.56. The molecule has 0 bridgehead atoms. The van der Waals surface area contributed by atoms with Gasteiger partial charge in [0.1, 0.15) is 5.75 Å². The van der Waals surface area contributed by atoms with Crippen molar-refractivity contribution in [2.24, 2.45) is 0 Å². The predicted molar refractivity (Wildman–Crippen MR) is 78.7 cm³/mol. The normalized spacial score (nSPS) is 17.6. The Balaban J connectivity index is 1.73. The van der Waals surface area contributed by atoms with Crippen molar-refractivity contribution in [2.75, 3.05) is 18.1 Å². The topological polar surface area (TPSA) is 48.1 Å². The molecule has 0 aliphatic carbocycles. The van der Waals surface area contributed by atoms with Gasteiger partial charge in [0.05, 0.1) is 18.5 Å². The number of anilines is 1. The van der Waals surface area contributed by atoms with E-state index in [1.165, 1.54) is 5.56 Å². The van der Waals surface area contributed by atoms with Crippen molar-refractivity contribution in [3.05, 3.63) is 48.3 Å². The van der Waals surface area contributed by atoms with E-state index in [0.717, 1.165) is 35.1 Å². The molecule has 19 heavy (non-hydrogen) atoms. The van der Waals surface area contributed by atoms with E-state index in [1.54, 1.807) is 24.2 Å². The predicted octanol–water partition coefficient (Wildman–Crippen LogP) is 3.32. The zero-order chi connectivity index (χ0) is 13.1. The summed E-state index contributed by atoms with van der Waals surface area (Å²) in [4.78, 5) is 5.13. The van der Waals surface area contributed by atoms with Gasteiger partial charge in [-0.15, -0.1) is 11.8 Å². The van der Waals surface area contributed by atoms with Crippen molar-refractivity contribution in [3.63, 3.8) is 0 Å². The molecule has 2 aromatic rings. The summed E-state index contributed by atoms with van der Waals surface area (Å²) in [5, 5.41) is 0. The average molecular weight is 272 g/mol. The largest absolute Gasteiger partial charge is 0.493 e. The third kappa shape index (κ3) is 2.68. The lowest BCUT2D eigenvalue weighted by Gasteiger charge is -2.25. The minimum atomic E-state index is 0.530. The van der Waals surface area contributed by atoms with Crippen LogP contribution in [0.2, 0.25) is 0 Å². The monoisotopic (exact) mass is 272 g/mol. The molecule has 1 aliphatic heterocycles. The molecule has 1 unspecified atom stereocenters. The number of thioether (sulfide) groups is 1. The first kappa shape index (κ1) is 12.4. The van der Waals surface area contributed by atoms with E-state index in [2.05, 4.69) is 17.1 Å². The Kier molecular flexibility index (Phi) is 3.60. The fraction of sp³-hybridized carbons (Fsp3) is 0.267. The van der Waals surface area contributed by atoms with E-state index < -0.39 is 0 Å². The zero-order valence-electron chi connectivity index (χ0n) is 10.6. The van der Waals surface area contributed by atoms with Crippen LogP contribution in [0.3, 0.4) is 0 Å². The molecule has 0 saturated heterocycles. The summed E-state index contributed by atoms with van der Waals surface area (Å²) in [5.41, 5.74) is 7.99. The SMILES string of the molecule is Nc1cnccc1SCC1CCOc2ccccc21. The number of nitrogen functional groups attached to an aromatic ring is 1. The number of ether oxygens (including phenoxy) is 1. The maximum absolute atomic E-state index is 5.92. The van der Waals surface area contributed by atoms with Crippen LogP contribution in [-0.2, 0) is 0 Å². The van der Waals surface area contributed by atoms with E-state index >= 15 is 0 Å². The first-order valence-corrected chi connectivity index (χ1v) is 7.37. The summed E-state index contributed by atoms with van der Waals surface area (Å²) in [5.74, 6) is 2.58. The highest BCUT2D eigenvalue weighted by atomic mass is 32.2. The van der Waals surface area contributed by atoms with Crippen molar-refractivity contribution in [2.45, 2.75) is 17.2 Å². The fourth-order valence-electron chi connectivity index (χ4n) is 2.30. The molecule has 0 amide bonds. The van der Waals surface area contributed by atoms with Crippen LogP contribution >= 0.6 is 11.8 Å². The van der Waals surface area contributed by atoms with Gasteiger partial charge in [0.15, 0.2) is 0 Å². The molecular weight excluding hydrogens is 256 g/mol. The smallest absolute Gasteiger partial charge is 0.122 e. The number of nitrogens with zero attached hydrogens (tertiary/aromatic N) is 1. The Morgan fingerprint density at radius 1 is 1.32 bits per heavy atom. The van der Waals surface area contributed by atoms with Gasteiger partial charge in [0.25, 0.3) is 0 Å². The van der Waals surface area contributed by atoms with Crippen molar-refractivity contribution >= 4 is 17.4 Å². The van der Waals surface area contributed by atoms with Crippen LogP contribution in [-0.4, -0.2) is 17.3 Å². The maximum atomic E-state index is 5.92. The van der Waals surface area contributed by atoms with Crippen LogP contribution in [0.15, 0.2) is 47.6 Å². The molecule has 1 aromatic heterocycles. The molecule has 3 rings (SSSR count). The summed E-state index contributed by atoms with van der Waals surface area (Å²) in [6, 6.07) is 10.3. The van der Waals surface area contributed by atoms with Gasteiger partial charge >= 0.3 is 0 Å². The standard InChI is InChI=1S/C15H16N2OS/c16-13-9-17-7-5-15(13)19-10-11-6-8-18-14-4-2-1-3-12(11)14/h1-5,7,9,11H,6,8,10,16H2. The van der Waals surface area contributed by atoms with Gasteiger partial charge in [-0.25, -0.2) is 0 Å². The van der Waals surface area contributed by atoms with Gasteiger partial charge in [0, 0.05) is 22.8 Å². The van der Waals surface area contributed by atoms with Crippen molar-refractivity contribution in [3.8, 4) is 5.75 Å². The van der Waals surface area contributed by atoms with Gasteiger partial charge in [-0.05, 0) is 24.1 Å². The summed E-state index contributed by atoms with van der Waals surface area (Å²) >= 11 is 1.80. The third-order valence-electron chi connectivity index (χ3n) is 3.33. The first-order valence-electron chi connectivity index (χ1n) is 6.38. The van der Waals surface area contributed by atoms with Gasteiger partial charge < -0.3 is 10.5 Å². The molecule has 0 saturated carbocycles. The number of rotatable bonds is 3. The second-order valence-corrected chi connectivity index (χ2v) is 5.66. The number of hydrogen-bond acceptors (Lipinski definition) is 4. The Bertz CT molecular complexity index is 574.